The molecular weight excluding hydrogens is 172 g/mol. The van der Waals surface area contributed by atoms with Crippen LogP contribution in [-0.2, 0) is 0 Å². The molecule has 0 amide bonds. The van der Waals surface area contributed by atoms with Crippen LogP contribution in [0.25, 0.3) is 0 Å². The van der Waals surface area contributed by atoms with Crippen LogP contribution in [0.1, 0.15) is 20.8 Å². The van der Waals surface area contributed by atoms with Crippen molar-refractivity contribution in [3.63, 3.8) is 0 Å². The molecule has 0 bridgehead atoms. The third kappa shape index (κ3) is 4.54. The van der Waals surface area contributed by atoms with Gasteiger partial charge in [0.05, 0.1) is 0 Å². The Balaban J connectivity index is 2.56. The molecule has 1 heteroatoms. The molecule has 1 rings (SSSR count). The molecule has 0 aliphatic heterocycles. The van der Waals surface area contributed by atoms with Gasteiger partial charge >= 0.3 is 0 Å². The van der Waals surface area contributed by atoms with Crippen LogP contribution in [0.15, 0.2) is 30.3 Å². The molecule has 0 saturated heterocycles. The molecule has 0 fully saturated rings. The second-order valence-electron chi connectivity index (χ2n) is 3.99. The Morgan fingerprint density at radius 1 is 1.08 bits per heavy atom. The third-order valence-corrected chi connectivity index (χ3v) is 2.29. The summed E-state index contributed by atoms with van der Waals surface area (Å²) in [5.41, 5.74) is 3.35. The largest absolute Gasteiger partial charge is 0.186 e. The quantitative estimate of drug-likeness (QED) is 0.465. The maximum atomic E-state index is 3.23. The summed E-state index contributed by atoms with van der Waals surface area (Å²) in [5.74, 6) is 3.23. The second kappa shape index (κ2) is 4.29. The van der Waals surface area contributed by atoms with E-state index in [1.54, 1.807) is 0 Å². The molecule has 0 aliphatic carbocycles. The molecule has 66 valence electrons. The first-order chi connectivity index (χ1) is 6.08. The van der Waals surface area contributed by atoms with Crippen molar-refractivity contribution < 1.29 is 0 Å². The van der Waals surface area contributed by atoms with Crippen molar-refractivity contribution in [1.29, 1.82) is 0 Å². The first kappa shape index (κ1) is 10.1. The number of rotatable bonds is 1. The van der Waals surface area contributed by atoms with Gasteiger partial charge in [-0.05, 0) is 26.0 Å². The zero-order valence-corrected chi connectivity index (χ0v) is 9.39. The van der Waals surface area contributed by atoms with Gasteiger partial charge in [0.1, 0.15) is 0 Å². The van der Waals surface area contributed by atoms with E-state index in [9.17, 15) is 0 Å². The van der Waals surface area contributed by atoms with Gasteiger partial charge in [0.25, 0.3) is 0 Å². The minimum Gasteiger partial charge on any atom is -0.129 e. The van der Waals surface area contributed by atoms with Crippen LogP contribution in [0, 0.1) is 16.9 Å². The van der Waals surface area contributed by atoms with Crippen LogP contribution < -0.4 is 5.19 Å². The lowest BCUT2D eigenvalue weighted by molar-refractivity contribution is 0.571. The Bertz CT molecular complexity index is 308. The monoisotopic (exact) mass is 186 g/mol. The molecule has 0 aliphatic rings. The van der Waals surface area contributed by atoms with Gasteiger partial charge in [-0.15, -0.1) is 11.5 Å². The van der Waals surface area contributed by atoms with E-state index in [1.807, 2.05) is 6.07 Å². The Kier molecular flexibility index (Phi) is 3.33. The van der Waals surface area contributed by atoms with Crippen molar-refractivity contribution in [3.05, 3.63) is 30.3 Å². The smallest absolute Gasteiger partial charge is 0.129 e. The second-order valence-corrected chi connectivity index (χ2v) is 5.07. The number of hydrogen-bond acceptors (Lipinski definition) is 0. The van der Waals surface area contributed by atoms with Gasteiger partial charge in [0, 0.05) is 5.41 Å². The predicted molar refractivity (Wildman–Crippen MR) is 59.1 cm³/mol. The first-order valence-corrected chi connectivity index (χ1v) is 5.41. The van der Waals surface area contributed by atoms with Gasteiger partial charge in [0.2, 0.25) is 0 Å². The number of benzene rings is 1. The summed E-state index contributed by atoms with van der Waals surface area (Å²) in [6.07, 6.45) is 0. The molecule has 0 atom stereocenters. The van der Waals surface area contributed by atoms with Gasteiger partial charge in [-0.3, -0.25) is 0 Å². The van der Waals surface area contributed by atoms with Crippen molar-refractivity contribution >= 4 is 14.7 Å². The average molecular weight is 186 g/mol. The van der Waals surface area contributed by atoms with Crippen molar-refractivity contribution in [2.45, 2.75) is 20.8 Å². The SMILES string of the molecule is CC(C)(C)C#C[Si]c1ccccc1. The minimum absolute atomic E-state index is 0.127. The van der Waals surface area contributed by atoms with Gasteiger partial charge in [-0.25, -0.2) is 0 Å². The van der Waals surface area contributed by atoms with Crippen molar-refractivity contribution in [2.75, 3.05) is 0 Å². The molecule has 0 saturated carbocycles. The third-order valence-electron chi connectivity index (χ3n) is 1.42. The molecule has 0 nitrogen and oxygen atoms in total. The zero-order chi connectivity index (χ0) is 9.73. The standard InChI is InChI=1S/C12H14Si/c1-12(2,3)9-10-13-11-7-5-4-6-8-11/h4-8H,1-3H3. The van der Waals surface area contributed by atoms with E-state index in [4.69, 9.17) is 0 Å². The molecule has 0 spiro atoms. The predicted octanol–water partition coefficient (Wildman–Crippen LogP) is 2.02. The molecule has 2 radical (unpaired) electrons. The maximum absolute atomic E-state index is 3.23. The summed E-state index contributed by atoms with van der Waals surface area (Å²) < 4.78 is 0. The van der Waals surface area contributed by atoms with Crippen LogP contribution in [0.4, 0.5) is 0 Å². The molecule has 13 heavy (non-hydrogen) atoms. The highest BCUT2D eigenvalue weighted by Gasteiger charge is 2.02. The van der Waals surface area contributed by atoms with Gasteiger partial charge < -0.3 is 0 Å². The van der Waals surface area contributed by atoms with Crippen LogP contribution >= 0.6 is 0 Å². The van der Waals surface area contributed by atoms with E-state index >= 15 is 0 Å². The average Bonchev–Trinajstić information content (AvgIpc) is 2.04. The van der Waals surface area contributed by atoms with E-state index in [0.717, 1.165) is 0 Å². The zero-order valence-electron chi connectivity index (χ0n) is 8.39. The van der Waals surface area contributed by atoms with Gasteiger partial charge in [-0.1, -0.05) is 30.3 Å². The molecule has 0 unspecified atom stereocenters. The van der Waals surface area contributed by atoms with E-state index in [0.29, 0.717) is 9.52 Å². The summed E-state index contributed by atoms with van der Waals surface area (Å²) in [5, 5.41) is 1.32. The van der Waals surface area contributed by atoms with Crippen molar-refractivity contribution in [3.8, 4) is 11.5 Å². The molecular formula is C12H14Si. The maximum Gasteiger partial charge on any atom is 0.186 e. The Labute approximate surface area is 83.2 Å². The lowest BCUT2D eigenvalue weighted by Gasteiger charge is -2.06. The van der Waals surface area contributed by atoms with Gasteiger partial charge in [-0.2, -0.15) is 0 Å². The summed E-state index contributed by atoms with van der Waals surface area (Å²) in [4.78, 5) is 0. The van der Waals surface area contributed by atoms with Crippen molar-refractivity contribution in [2.24, 2.45) is 5.41 Å². The first-order valence-electron chi connectivity index (χ1n) is 4.41. The summed E-state index contributed by atoms with van der Waals surface area (Å²) >= 11 is 0. The van der Waals surface area contributed by atoms with Crippen LogP contribution in [0.2, 0.25) is 0 Å². The highest BCUT2D eigenvalue weighted by molar-refractivity contribution is 6.61. The highest BCUT2D eigenvalue weighted by atomic mass is 28.2. The summed E-state index contributed by atoms with van der Waals surface area (Å²) in [6.45, 7) is 6.40. The van der Waals surface area contributed by atoms with Crippen LogP contribution in [-0.4, -0.2) is 9.52 Å². The highest BCUT2D eigenvalue weighted by Crippen LogP contribution is 2.09. The number of hydrogen-bond donors (Lipinski definition) is 0. The Morgan fingerprint density at radius 3 is 2.23 bits per heavy atom. The van der Waals surface area contributed by atoms with E-state index in [1.165, 1.54) is 5.19 Å². The topological polar surface area (TPSA) is 0 Å². The fourth-order valence-electron chi connectivity index (χ4n) is 0.812. The lowest BCUT2D eigenvalue weighted by Crippen LogP contribution is -2.12. The van der Waals surface area contributed by atoms with E-state index in [-0.39, 0.29) is 5.41 Å². The molecule has 0 aromatic heterocycles. The lowest BCUT2D eigenvalue weighted by atomic mass is 9.99. The summed E-state index contributed by atoms with van der Waals surface area (Å²) in [7, 11) is 0.617. The van der Waals surface area contributed by atoms with E-state index in [2.05, 4.69) is 56.5 Å². The van der Waals surface area contributed by atoms with E-state index < -0.39 is 0 Å². The normalized spacial score (nSPS) is 10.4. The van der Waals surface area contributed by atoms with Crippen molar-refractivity contribution in [1.82, 2.24) is 0 Å². The Hall–Kier alpha value is -1.00. The molecule has 0 N–H and O–H groups in total. The summed E-state index contributed by atoms with van der Waals surface area (Å²) in [6, 6.07) is 10.4. The minimum atomic E-state index is 0.127. The fraction of sp³-hybridized carbons (Fsp3) is 0.333. The fourth-order valence-corrected chi connectivity index (χ4v) is 1.75. The molecule has 1 aromatic carbocycles. The van der Waals surface area contributed by atoms with Gasteiger partial charge in [0.15, 0.2) is 9.52 Å². The molecule has 1 aromatic rings. The molecule has 0 heterocycles. The Morgan fingerprint density at radius 2 is 1.69 bits per heavy atom. The van der Waals surface area contributed by atoms with Crippen LogP contribution in [0.5, 0.6) is 0 Å². The van der Waals surface area contributed by atoms with Crippen LogP contribution in [0.3, 0.4) is 0 Å².